The summed E-state index contributed by atoms with van der Waals surface area (Å²) in [5, 5.41) is 3.41. The largest absolute Gasteiger partial charge is 0.397 e. The van der Waals surface area contributed by atoms with Crippen LogP contribution in [-0.4, -0.2) is 5.91 Å². The van der Waals surface area contributed by atoms with E-state index in [-0.39, 0.29) is 11.3 Å². The minimum atomic E-state index is -0.231. The highest BCUT2D eigenvalue weighted by Gasteiger charge is 2.39. The van der Waals surface area contributed by atoms with Crippen molar-refractivity contribution >= 4 is 28.9 Å². The summed E-state index contributed by atoms with van der Waals surface area (Å²) >= 11 is 6.07. The van der Waals surface area contributed by atoms with Crippen LogP contribution < -0.4 is 11.1 Å². The fraction of sp³-hybridized carbons (Fsp3) is 0.500. The lowest BCUT2D eigenvalue weighted by Gasteiger charge is -2.26. The highest BCUT2D eigenvalue weighted by molar-refractivity contribution is 6.34. The average molecular weight is 267 g/mol. The first kappa shape index (κ1) is 13.2. The SMILES string of the molecule is CCC1(C(=O)Nc2c(N)cccc2Cl)CCCC1. The first-order chi connectivity index (χ1) is 8.59. The Morgan fingerprint density at radius 1 is 1.44 bits per heavy atom. The zero-order chi connectivity index (χ0) is 13.2. The van der Waals surface area contributed by atoms with Gasteiger partial charge in [0.1, 0.15) is 0 Å². The van der Waals surface area contributed by atoms with E-state index in [4.69, 9.17) is 17.3 Å². The monoisotopic (exact) mass is 266 g/mol. The molecule has 0 saturated heterocycles. The second kappa shape index (κ2) is 5.19. The number of anilines is 2. The molecule has 1 aliphatic rings. The molecule has 0 aliphatic heterocycles. The van der Waals surface area contributed by atoms with Crippen molar-refractivity contribution in [3.8, 4) is 0 Å². The summed E-state index contributed by atoms with van der Waals surface area (Å²) in [6, 6.07) is 5.26. The van der Waals surface area contributed by atoms with Crippen LogP contribution in [-0.2, 0) is 4.79 Å². The van der Waals surface area contributed by atoms with Crippen molar-refractivity contribution in [1.82, 2.24) is 0 Å². The molecule has 0 radical (unpaired) electrons. The Kier molecular flexibility index (Phi) is 3.81. The van der Waals surface area contributed by atoms with E-state index in [0.29, 0.717) is 16.4 Å². The van der Waals surface area contributed by atoms with E-state index in [1.807, 2.05) is 0 Å². The summed E-state index contributed by atoms with van der Waals surface area (Å²) < 4.78 is 0. The van der Waals surface area contributed by atoms with E-state index in [9.17, 15) is 4.79 Å². The minimum Gasteiger partial charge on any atom is -0.397 e. The zero-order valence-electron chi connectivity index (χ0n) is 10.6. The lowest BCUT2D eigenvalue weighted by atomic mass is 9.82. The molecule has 1 aromatic carbocycles. The molecule has 3 nitrogen and oxygen atoms in total. The Hall–Kier alpha value is -1.22. The summed E-state index contributed by atoms with van der Waals surface area (Å²) in [5.41, 5.74) is 6.68. The van der Waals surface area contributed by atoms with Gasteiger partial charge >= 0.3 is 0 Å². The van der Waals surface area contributed by atoms with Crippen molar-refractivity contribution in [3.63, 3.8) is 0 Å². The second-order valence-electron chi connectivity index (χ2n) is 5.00. The second-order valence-corrected chi connectivity index (χ2v) is 5.41. The lowest BCUT2D eigenvalue weighted by molar-refractivity contribution is -0.125. The standard InChI is InChI=1S/C14H19ClN2O/c1-2-14(8-3-4-9-14)13(18)17-12-10(15)6-5-7-11(12)16/h5-7H,2-4,8-9,16H2,1H3,(H,17,18). The third kappa shape index (κ3) is 2.32. The number of carbonyl (C=O) groups is 1. The van der Waals surface area contributed by atoms with Gasteiger partial charge in [0.15, 0.2) is 0 Å². The Morgan fingerprint density at radius 2 is 2.11 bits per heavy atom. The molecular weight excluding hydrogens is 248 g/mol. The van der Waals surface area contributed by atoms with E-state index >= 15 is 0 Å². The maximum absolute atomic E-state index is 12.4. The maximum Gasteiger partial charge on any atom is 0.230 e. The zero-order valence-corrected chi connectivity index (χ0v) is 11.4. The number of nitrogens with two attached hydrogens (primary N) is 1. The number of hydrogen-bond donors (Lipinski definition) is 2. The number of rotatable bonds is 3. The predicted molar refractivity (Wildman–Crippen MR) is 75.7 cm³/mol. The highest BCUT2D eigenvalue weighted by Crippen LogP contribution is 2.42. The summed E-state index contributed by atoms with van der Waals surface area (Å²) in [6.45, 7) is 2.07. The number of nitrogens with one attached hydrogen (secondary N) is 1. The van der Waals surface area contributed by atoms with Crippen molar-refractivity contribution < 1.29 is 4.79 Å². The minimum absolute atomic E-state index is 0.0577. The molecule has 0 heterocycles. The van der Waals surface area contributed by atoms with E-state index in [0.717, 1.165) is 32.1 Å². The number of halogens is 1. The van der Waals surface area contributed by atoms with E-state index in [2.05, 4.69) is 12.2 Å². The van der Waals surface area contributed by atoms with Crippen molar-refractivity contribution in [2.75, 3.05) is 11.1 Å². The molecule has 4 heteroatoms. The first-order valence-corrected chi connectivity index (χ1v) is 6.82. The Morgan fingerprint density at radius 3 is 2.67 bits per heavy atom. The summed E-state index contributed by atoms with van der Waals surface area (Å²) in [4.78, 5) is 12.4. The van der Waals surface area contributed by atoms with Crippen LogP contribution in [0.4, 0.5) is 11.4 Å². The normalized spacial score (nSPS) is 17.7. The molecule has 1 aliphatic carbocycles. The number of amides is 1. The summed E-state index contributed by atoms with van der Waals surface area (Å²) in [5.74, 6) is 0.0577. The van der Waals surface area contributed by atoms with Crippen molar-refractivity contribution in [1.29, 1.82) is 0 Å². The van der Waals surface area contributed by atoms with E-state index < -0.39 is 0 Å². The number of benzene rings is 1. The molecule has 0 bridgehead atoms. The van der Waals surface area contributed by atoms with Crippen molar-refractivity contribution in [2.24, 2.45) is 5.41 Å². The average Bonchev–Trinajstić information content (AvgIpc) is 2.84. The molecule has 1 amide bonds. The van der Waals surface area contributed by atoms with E-state index in [1.165, 1.54) is 0 Å². The van der Waals surface area contributed by atoms with E-state index in [1.54, 1.807) is 18.2 Å². The van der Waals surface area contributed by atoms with Gasteiger partial charge in [-0.05, 0) is 31.4 Å². The van der Waals surface area contributed by atoms with Crippen LogP contribution in [0.25, 0.3) is 0 Å². The quantitative estimate of drug-likeness (QED) is 0.817. The Balaban J connectivity index is 2.21. The van der Waals surface area contributed by atoms with Gasteiger partial charge in [-0.2, -0.15) is 0 Å². The van der Waals surface area contributed by atoms with Crippen LogP contribution in [0.15, 0.2) is 18.2 Å². The fourth-order valence-electron chi connectivity index (χ4n) is 2.71. The molecule has 2 rings (SSSR count). The van der Waals surface area contributed by atoms with Crippen LogP contribution in [0.5, 0.6) is 0 Å². The van der Waals surface area contributed by atoms with Gasteiger partial charge in [-0.25, -0.2) is 0 Å². The summed E-state index contributed by atoms with van der Waals surface area (Å²) in [6.07, 6.45) is 5.03. The van der Waals surface area contributed by atoms with Crippen molar-refractivity contribution in [2.45, 2.75) is 39.0 Å². The molecule has 98 valence electrons. The third-order valence-corrected chi connectivity index (χ3v) is 4.32. The molecule has 1 saturated carbocycles. The van der Waals surface area contributed by atoms with Crippen LogP contribution in [0.2, 0.25) is 5.02 Å². The van der Waals surface area contributed by atoms with Gasteiger partial charge in [-0.3, -0.25) is 4.79 Å². The van der Waals surface area contributed by atoms with Gasteiger partial charge in [0, 0.05) is 5.41 Å². The summed E-state index contributed by atoms with van der Waals surface area (Å²) in [7, 11) is 0. The maximum atomic E-state index is 12.4. The Bertz CT molecular complexity index is 433. The van der Waals surface area contributed by atoms with Gasteiger partial charge in [0.25, 0.3) is 0 Å². The molecule has 0 atom stereocenters. The molecule has 3 N–H and O–H groups in total. The van der Waals surface area contributed by atoms with Gasteiger partial charge in [-0.15, -0.1) is 0 Å². The lowest BCUT2D eigenvalue weighted by Crippen LogP contribution is -2.33. The van der Waals surface area contributed by atoms with Gasteiger partial charge < -0.3 is 11.1 Å². The highest BCUT2D eigenvalue weighted by atomic mass is 35.5. The molecule has 0 spiro atoms. The van der Waals surface area contributed by atoms with Gasteiger partial charge in [-0.1, -0.05) is 37.4 Å². The van der Waals surface area contributed by atoms with Gasteiger partial charge in [0.2, 0.25) is 5.91 Å². The molecule has 0 unspecified atom stereocenters. The van der Waals surface area contributed by atoms with Crippen molar-refractivity contribution in [3.05, 3.63) is 23.2 Å². The number of para-hydroxylation sites is 1. The third-order valence-electron chi connectivity index (χ3n) is 4.00. The van der Waals surface area contributed by atoms with Crippen LogP contribution in [0.1, 0.15) is 39.0 Å². The van der Waals surface area contributed by atoms with Crippen LogP contribution in [0.3, 0.4) is 0 Å². The number of hydrogen-bond acceptors (Lipinski definition) is 2. The van der Waals surface area contributed by atoms with Crippen LogP contribution >= 0.6 is 11.6 Å². The smallest absolute Gasteiger partial charge is 0.230 e. The topological polar surface area (TPSA) is 55.1 Å². The fourth-order valence-corrected chi connectivity index (χ4v) is 2.94. The van der Waals surface area contributed by atoms with Crippen LogP contribution in [0, 0.1) is 5.41 Å². The Labute approximate surface area is 113 Å². The molecule has 0 aromatic heterocycles. The molecule has 1 aromatic rings. The molecule has 18 heavy (non-hydrogen) atoms. The number of nitrogen functional groups attached to an aromatic ring is 1. The predicted octanol–water partition coefficient (Wildman–Crippen LogP) is 3.83. The van der Waals surface area contributed by atoms with Gasteiger partial charge in [0.05, 0.1) is 16.4 Å². The molecule has 1 fully saturated rings. The number of carbonyl (C=O) groups excluding carboxylic acids is 1. The first-order valence-electron chi connectivity index (χ1n) is 6.44. The molecular formula is C14H19ClN2O.